The number of benzene rings is 2. The molecule has 1 aromatic heterocycles. The number of carbonyl (C=O) groups excluding carboxylic acids is 2. The van der Waals surface area contributed by atoms with Gasteiger partial charge in [-0.05, 0) is 30.3 Å². The second-order valence-corrected chi connectivity index (χ2v) is 6.02. The summed E-state index contributed by atoms with van der Waals surface area (Å²) in [6.07, 6.45) is 0.396. The zero-order valence-corrected chi connectivity index (χ0v) is 14.5. The highest BCUT2D eigenvalue weighted by atomic mass is 16.6. The van der Waals surface area contributed by atoms with Gasteiger partial charge in [0.2, 0.25) is 0 Å². The fourth-order valence-electron chi connectivity index (χ4n) is 2.75. The number of hydrogen-bond donors (Lipinski definition) is 0. The van der Waals surface area contributed by atoms with E-state index in [4.69, 9.17) is 18.6 Å². The van der Waals surface area contributed by atoms with Crippen molar-refractivity contribution in [3.05, 3.63) is 53.9 Å². The van der Waals surface area contributed by atoms with Crippen LogP contribution in [0, 0.1) is 0 Å². The number of rotatable bonds is 6. The molecule has 2 heterocycles. The number of fused-ring (bicyclic) bond motifs is 2. The Hall–Kier alpha value is -3.35. The van der Waals surface area contributed by atoms with Crippen LogP contribution in [0.4, 0.5) is 0 Å². The molecule has 138 valence electrons. The topological polar surface area (TPSA) is 87.9 Å². The Morgan fingerprint density at radius 2 is 1.85 bits per heavy atom. The van der Waals surface area contributed by atoms with Gasteiger partial charge in [0.25, 0.3) is 0 Å². The first-order valence-electron chi connectivity index (χ1n) is 8.62. The van der Waals surface area contributed by atoms with Crippen molar-refractivity contribution >= 4 is 22.9 Å². The summed E-state index contributed by atoms with van der Waals surface area (Å²) >= 11 is 0. The van der Waals surface area contributed by atoms with E-state index in [1.807, 2.05) is 24.3 Å². The number of carbonyl (C=O) groups is 2. The molecule has 7 heteroatoms. The molecule has 0 amide bonds. The molecular weight excluding hydrogens is 350 g/mol. The van der Waals surface area contributed by atoms with E-state index in [0.29, 0.717) is 48.2 Å². The molecule has 4 rings (SSSR count). The Bertz CT molecular complexity index is 960. The number of para-hydroxylation sites is 2. The van der Waals surface area contributed by atoms with E-state index in [2.05, 4.69) is 4.98 Å². The number of aromatic nitrogens is 1. The van der Waals surface area contributed by atoms with Gasteiger partial charge >= 0.3 is 5.97 Å². The third-order valence-electron chi connectivity index (χ3n) is 4.11. The van der Waals surface area contributed by atoms with Crippen LogP contribution in [0.1, 0.15) is 22.7 Å². The Morgan fingerprint density at radius 1 is 1.04 bits per heavy atom. The lowest BCUT2D eigenvalue weighted by Crippen LogP contribution is -2.17. The third kappa shape index (κ3) is 3.92. The second-order valence-electron chi connectivity index (χ2n) is 6.02. The van der Waals surface area contributed by atoms with Crippen LogP contribution in [-0.4, -0.2) is 36.6 Å². The number of oxazole rings is 1. The van der Waals surface area contributed by atoms with Crippen LogP contribution in [0.2, 0.25) is 0 Å². The van der Waals surface area contributed by atoms with Crippen LogP contribution < -0.4 is 9.47 Å². The quantitative estimate of drug-likeness (QED) is 0.489. The predicted molar refractivity (Wildman–Crippen MR) is 95.1 cm³/mol. The third-order valence-corrected chi connectivity index (χ3v) is 4.11. The average molecular weight is 367 g/mol. The first-order valence-corrected chi connectivity index (χ1v) is 8.62. The lowest BCUT2D eigenvalue weighted by Gasteiger charge is -2.18. The Kier molecular flexibility index (Phi) is 4.74. The van der Waals surface area contributed by atoms with Crippen LogP contribution in [0.5, 0.6) is 11.5 Å². The summed E-state index contributed by atoms with van der Waals surface area (Å²) in [5, 5.41) is 0. The molecule has 0 saturated carbocycles. The van der Waals surface area contributed by atoms with E-state index in [9.17, 15) is 9.59 Å². The molecule has 0 atom stereocenters. The summed E-state index contributed by atoms with van der Waals surface area (Å²) < 4.78 is 21.5. The summed E-state index contributed by atoms with van der Waals surface area (Å²) in [7, 11) is 0. The summed E-state index contributed by atoms with van der Waals surface area (Å²) in [5.74, 6) is 0.805. The SMILES string of the molecule is O=C(CCc1nc2ccccc2o1)OCC(=O)c1ccc2c(c1)OCCO2. The Balaban J connectivity index is 1.29. The van der Waals surface area contributed by atoms with Gasteiger partial charge in [-0.2, -0.15) is 0 Å². The lowest BCUT2D eigenvalue weighted by atomic mass is 10.1. The lowest BCUT2D eigenvalue weighted by molar-refractivity contribution is -0.142. The first-order chi connectivity index (χ1) is 13.2. The Labute approximate surface area is 154 Å². The van der Waals surface area contributed by atoms with Crippen molar-refractivity contribution in [3.63, 3.8) is 0 Å². The molecule has 7 nitrogen and oxygen atoms in total. The maximum absolute atomic E-state index is 12.2. The van der Waals surface area contributed by atoms with Crippen LogP contribution in [0.15, 0.2) is 46.9 Å². The highest BCUT2D eigenvalue weighted by Crippen LogP contribution is 2.30. The number of nitrogens with zero attached hydrogens (tertiary/aromatic N) is 1. The first kappa shape index (κ1) is 17.1. The molecule has 0 fully saturated rings. The number of ketones is 1. The fourth-order valence-corrected chi connectivity index (χ4v) is 2.75. The molecule has 0 bridgehead atoms. The largest absolute Gasteiger partial charge is 0.486 e. The van der Waals surface area contributed by atoms with Crippen molar-refractivity contribution in [2.75, 3.05) is 19.8 Å². The van der Waals surface area contributed by atoms with Crippen LogP contribution >= 0.6 is 0 Å². The molecular formula is C20H17NO6. The van der Waals surface area contributed by atoms with Gasteiger partial charge in [-0.3, -0.25) is 9.59 Å². The molecule has 1 aliphatic rings. The van der Waals surface area contributed by atoms with Gasteiger partial charge in [-0.15, -0.1) is 0 Å². The molecule has 0 saturated heterocycles. The number of esters is 1. The smallest absolute Gasteiger partial charge is 0.306 e. The van der Waals surface area contributed by atoms with E-state index in [1.165, 1.54) is 0 Å². The van der Waals surface area contributed by atoms with Gasteiger partial charge < -0.3 is 18.6 Å². The van der Waals surface area contributed by atoms with Crippen LogP contribution in [0.25, 0.3) is 11.1 Å². The Morgan fingerprint density at radius 3 is 2.70 bits per heavy atom. The van der Waals surface area contributed by atoms with Crippen molar-refractivity contribution in [2.24, 2.45) is 0 Å². The van der Waals surface area contributed by atoms with E-state index < -0.39 is 5.97 Å². The zero-order valence-electron chi connectivity index (χ0n) is 14.5. The maximum atomic E-state index is 12.2. The summed E-state index contributed by atoms with van der Waals surface area (Å²) in [6, 6.07) is 12.3. The number of aryl methyl sites for hydroxylation is 1. The standard InChI is InChI=1S/C20H17NO6/c22-15(13-5-6-17-18(11-13)25-10-9-24-17)12-26-20(23)8-7-19-21-14-3-1-2-4-16(14)27-19/h1-6,11H,7-10,12H2. The number of Topliss-reactive ketones (excluding diaryl/α,β-unsaturated/α-hetero) is 1. The van der Waals surface area contributed by atoms with Crippen molar-refractivity contribution in [1.82, 2.24) is 4.98 Å². The maximum Gasteiger partial charge on any atom is 0.306 e. The van der Waals surface area contributed by atoms with E-state index in [0.717, 1.165) is 5.52 Å². The molecule has 0 unspecified atom stereocenters. The highest BCUT2D eigenvalue weighted by molar-refractivity contribution is 5.98. The van der Waals surface area contributed by atoms with Gasteiger partial charge in [0, 0.05) is 12.0 Å². The molecule has 1 aliphatic heterocycles. The van der Waals surface area contributed by atoms with Crippen molar-refractivity contribution in [2.45, 2.75) is 12.8 Å². The molecule has 0 aliphatic carbocycles. The van der Waals surface area contributed by atoms with Gasteiger partial charge in [-0.1, -0.05) is 12.1 Å². The number of ether oxygens (including phenoxy) is 3. The van der Waals surface area contributed by atoms with E-state index in [1.54, 1.807) is 18.2 Å². The fraction of sp³-hybridized carbons (Fsp3) is 0.250. The average Bonchev–Trinajstić information content (AvgIpc) is 3.13. The van der Waals surface area contributed by atoms with Crippen molar-refractivity contribution < 1.29 is 28.2 Å². The zero-order chi connectivity index (χ0) is 18.6. The highest BCUT2D eigenvalue weighted by Gasteiger charge is 2.16. The monoisotopic (exact) mass is 367 g/mol. The molecule has 27 heavy (non-hydrogen) atoms. The second kappa shape index (κ2) is 7.49. The van der Waals surface area contributed by atoms with E-state index >= 15 is 0 Å². The van der Waals surface area contributed by atoms with Gasteiger partial charge in [0.05, 0.1) is 6.42 Å². The molecule has 0 spiro atoms. The molecule has 2 aromatic carbocycles. The minimum absolute atomic E-state index is 0.0846. The minimum atomic E-state index is -0.483. The molecule has 3 aromatic rings. The normalized spacial score (nSPS) is 12.7. The van der Waals surface area contributed by atoms with Gasteiger partial charge in [-0.25, -0.2) is 4.98 Å². The van der Waals surface area contributed by atoms with Crippen molar-refractivity contribution in [1.29, 1.82) is 0 Å². The van der Waals surface area contributed by atoms with Gasteiger partial charge in [0.15, 0.2) is 35.4 Å². The molecule has 0 radical (unpaired) electrons. The predicted octanol–water partition coefficient (Wildman–Crippen LogP) is 2.96. The van der Waals surface area contributed by atoms with Crippen LogP contribution in [-0.2, 0) is 16.0 Å². The summed E-state index contributed by atoms with van der Waals surface area (Å²) in [5.41, 5.74) is 1.83. The van der Waals surface area contributed by atoms with Gasteiger partial charge in [0.1, 0.15) is 18.7 Å². The number of hydrogen-bond acceptors (Lipinski definition) is 7. The summed E-state index contributed by atoms with van der Waals surface area (Å²) in [6.45, 7) is 0.597. The minimum Gasteiger partial charge on any atom is -0.486 e. The van der Waals surface area contributed by atoms with E-state index in [-0.39, 0.29) is 18.8 Å². The molecule has 0 N–H and O–H groups in total. The summed E-state index contributed by atoms with van der Waals surface area (Å²) in [4.78, 5) is 28.4. The van der Waals surface area contributed by atoms with Crippen molar-refractivity contribution in [3.8, 4) is 11.5 Å². The van der Waals surface area contributed by atoms with Crippen LogP contribution in [0.3, 0.4) is 0 Å².